The molecule has 0 fully saturated rings. The zero-order chi connectivity index (χ0) is 18.0. The van der Waals surface area contributed by atoms with Crippen molar-refractivity contribution in [3.63, 3.8) is 0 Å². The van der Waals surface area contributed by atoms with Crippen molar-refractivity contribution in [3.8, 4) is 0 Å². The summed E-state index contributed by atoms with van der Waals surface area (Å²) >= 11 is 0. The molecule has 152 valence electrons. The van der Waals surface area contributed by atoms with Crippen molar-refractivity contribution < 1.29 is 121 Å². The van der Waals surface area contributed by atoms with Gasteiger partial charge in [0.2, 0.25) is 0 Å². The molecule has 0 spiro atoms. The second-order valence-electron chi connectivity index (χ2n) is 1.79. The van der Waals surface area contributed by atoms with Crippen LogP contribution in [0.4, 0.5) is 0 Å². The Hall–Kier alpha value is 1.04. The zero-order valence-electron chi connectivity index (χ0n) is 9.54. The van der Waals surface area contributed by atoms with Crippen LogP contribution in [-0.2, 0) is 92.8 Å². The van der Waals surface area contributed by atoms with Crippen LogP contribution in [0.5, 0.6) is 0 Å². The van der Waals surface area contributed by atoms with Crippen molar-refractivity contribution in [1.29, 1.82) is 0 Å². The van der Waals surface area contributed by atoms with Gasteiger partial charge < -0.3 is 0 Å². The average molecular weight is 560 g/mol. The molecule has 0 aliphatic rings. The van der Waals surface area contributed by atoms with Gasteiger partial charge in [0.05, 0.1) is 0 Å². The maximum Gasteiger partial charge on any atom is 0.394 e. The van der Waals surface area contributed by atoms with E-state index in [-0.39, 0.29) is 51.2 Å². The number of hydrogen-bond donors (Lipinski definition) is 8. The van der Waals surface area contributed by atoms with Crippen molar-refractivity contribution >= 4 is 41.6 Å². The van der Waals surface area contributed by atoms with Crippen LogP contribution in [0.1, 0.15) is 0 Å². The summed E-state index contributed by atoms with van der Waals surface area (Å²) in [6.07, 6.45) is 0. The molecule has 0 amide bonds. The van der Waals surface area contributed by atoms with Gasteiger partial charge in [-0.05, 0) is 0 Å². The predicted molar refractivity (Wildman–Crippen MR) is 56.7 cm³/mol. The molecule has 16 nitrogen and oxygen atoms in total. The molecule has 23 heavy (non-hydrogen) atoms. The molecule has 8 N–H and O–H groups in total. The van der Waals surface area contributed by atoms with E-state index in [0.29, 0.717) is 0 Å². The normalized spacial score (nSPS) is 10.1. The number of rotatable bonds is 0. The van der Waals surface area contributed by atoms with E-state index in [9.17, 15) is 0 Å². The molecule has 0 unspecified atom stereocenters. The van der Waals surface area contributed by atoms with Gasteiger partial charge in [0, 0.05) is 51.2 Å². The summed E-state index contributed by atoms with van der Waals surface area (Å²) in [5.41, 5.74) is 0. The van der Waals surface area contributed by atoms with Crippen LogP contribution in [-0.4, -0.2) is 70.1 Å². The second kappa shape index (κ2) is 17.8. The fourth-order valence-electron chi connectivity index (χ4n) is 0. The molecule has 0 aliphatic heterocycles. The first-order valence-corrected chi connectivity index (χ1v) is 8.38. The summed E-state index contributed by atoms with van der Waals surface area (Å²) in [5.74, 6) is 0. The van der Waals surface area contributed by atoms with Crippen LogP contribution in [0.3, 0.4) is 0 Å². The Morgan fingerprint density at radius 1 is 0.304 bits per heavy atom. The summed E-state index contributed by atoms with van der Waals surface area (Å²) in [5, 5.41) is 0. The molecule has 0 saturated heterocycles. The Labute approximate surface area is 162 Å². The zero-order valence-corrected chi connectivity index (χ0v) is 16.1. The van der Waals surface area contributed by atoms with Gasteiger partial charge in [-0.1, -0.05) is 0 Å². The fourth-order valence-corrected chi connectivity index (χ4v) is 0. The Morgan fingerprint density at radius 2 is 0.304 bits per heavy atom. The Kier molecular flexibility index (Phi) is 34.1. The van der Waals surface area contributed by atoms with Crippen molar-refractivity contribution in [2.75, 3.05) is 0 Å². The molecule has 0 aliphatic carbocycles. The van der Waals surface area contributed by atoms with Crippen molar-refractivity contribution in [1.82, 2.24) is 0 Å². The van der Waals surface area contributed by atoms with Gasteiger partial charge >= 0.3 is 41.6 Å². The van der Waals surface area contributed by atoms with Crippen LogP contribution >= 0.6 is 0 Å². The quantitative estimate of drug-likeness (QED) is 0.111. The van der Waals surface area contributed by atoms with Crippen LogP contribution < -0.4 is 0 Å². The molecular formula is H8Fe3O16S4. The minimum Gasteiger partial charge on any atom is -0.264 e. The molecule has 0 aromatic carbocycles. The Bertz CT molecular complexity index is 480. The van der Waals surface area contributed by atoms with Crippen LogP contribution in [0.25, 0.3) is 0 Å². The molecule has 0 atom stereocenters. The van der Waals surface area contributed by atoms with Crippen LogP contribution in [0.2, 0.25) is 0 Å². The van der Waals surface area contributed by atoms with Gasteiger partial charge in [-0.15, -0.1) is 0 Å². The maximum absolute atomic E-state index is 8.74. The second-order valence-corrected chi connectivity index (χ2v) is 5.37. The standard InChI is InChI=1S/3Fe.4H2O4S/c;;;4*1-5(2,3)4/h;;;4*(H2,1,2,3,4). The largest absolute Gasteiger partial charge is 0.394 e. The van der Waals surface area contributed by atoms with Gasteiger partial charge in [-0.2, -0.15) is 33.7 Å². The summed E-state index contributed by atoms with van der Waals surface area (Å²) < 4.78 is 126. The van der Waals surface area contributed by atoms with E-state index in [1.54, 1.807) is 0 Å². The summed E-state index contributed by atoms with van der Waals surface area (Å²) in [4.78, 5) is 0. The van der Waals surface area contributed by atoms with Gasteiger partial charge in [0.15, 0.2) is 0 Å². The van der Waals surface area contributed by atoms with Gasteiger partial charge in [0.1, 0.15) is 0 Å². The van der Waals surface area contributed by atoms with E-state index in [1.807, 2.05) is 0 Å². The molecule has 23 heteroatoms. The molecule has 0 aromatic heterocycles. The Morgan fingerprint density at radius 3 is 0.304 bits per heavy atom. The van der Waals surface area contributed by atoms with E-state index in [2.05, 4.69) is 0 Å². The molecule has 0 aromatic rings. The molecular weight excluding hydrogens is 552 g/mol. The molecule has 0 heterocycles. The summed E-state index contributed by atoms with van der Waals surface area (Å²) in [6, 6.07) is 0. The third kappa shape index (κ3) is 9460. The first-order chi connectivity index (χ1) is 8.00. The van der Waals surface area contributed by atoms with Crippen molar-refractivity contribution in [2.24, 2.45) is 0 Å². The third-order valence-corrected chi connectivity index (χ3v) is 0. The molecule has 0 bridgehead atoms. The average Bonchev–Trinajstić information content (AvgIpc) is 1.62. The Balaban J connectivity index is -0.0000000284. The molecule has 0 rings (SSSR count). The van der Waals surface area contributed by atoms with Gasteiger partial charge in [-0.25, -0.2) is 0 Å². The SMILES string of the molecule is O=S(=O)(O)O.O=S(=O)(O)O.O=S(=O)(O)O.O=S(=O)(O)O.[Fe].[Fe].[Fe]. The van der Waals surface area contributed by atoms with Crippen LogP contribution in [0.15, 0.2) is 0 Å². The first kappa shape index (κ1) is 43.9. The van der Waals surface area contributed by atoms with E-state index < -0.39 is 41.6 Å². The first-order valence-electron chi connectivity index (χ1n) is 2.79. The monoisotopic (exact) mass is 560 g/mol. The minimum absolute atomic E-state index is 0. The smallest absolute Gasteiger partial charge is 0.264 e. The van der Waals surface area contributed by atoms with Gasteiger partial charge in [0.25, 0.3) is 0 Å². The summed E-state index contributed by atoms with van der Waals surface area (Å²) in [7, 11) is -18.7. The fraction of sp³-hybridized carbons (Fsp3) is 0. The van der Waals surface area contributed by atoms with E-state index in [4.69, 9.17) is 70.1 Å². The summed E-state index contributed by atoms with van der Waals surface area (Å²) in [6.45, 7) is 0. The number of hydrogen-bond acceptors (Lipinski definition) is 8. The predicted octanol–water partition coefficient (Wildman–Crippen LogP) is -2.62. The van der Waals surface area contributed by atoms with Crippen molar-refractivity contribution in [2.45, 2.75) is 0 Å². The van der Waals surface area contributed by atoms with E-state index in [0.717, 1.165) is 0 Å². The minimum atomic E-state index is -4.67. The molecule has 0 saturated carbocycles. The van der Waals surface area contributed by atoms with E-state index in [1.165, 1.54) is 0 Å². The third-order valence-electron chi connectivity index (χ3n) is 0. The van der Waals surface area contributed by atoms with E-state index >= 15 is 0 Å². The van der Waals surface area contributed by atoms with Gasteiger partial charge in [-0.3, -0.25) is 36.4 Å². The molecule has 0 radical (unpaired) electrons. The van der Waals surface area contributed by atoms with Crippen molar-refractivity contribution in [3.05, 3.63) is 0 Å². The maximum atomic E-state index is 8.74. The van der Waals surface area contributed by atoms with Crippen LogP contribution in [0, 0.1) is 0 Å². The topological polar surface area (TPSA) is 298 Å².